The maximum absolute atomic E-state index is 13.5. The molecule has 0 aliphatic carbocycles. The fraction of sp³-hybridized carbons (Fsp3) is 0.286. The molecule has 3 aromatic rings. The molecule has 6 heteroatoms. The number of hydrogen-bond acceptors (Lipinski definition) is 4. The van der Waals surface area contributed by atoms with Gasteiger partial charge in [-0.15, -0.1) is 0 Å². The highest BCUT2D eigenvalue weighted by atomic mass is 16.5. The highest BCUT2D eigenvalue weighted by Crippen LogP contribution is 2.19. The summed E-state index contributed by atoms with van der Waals surface area (Å²) < 4.78 is 11.1. The largest absolute Gasteiger partial charge is 0.497 e. The van der Waals surface area contributed by atoms with Gasteiger partial charge in [0, 0.05) is 19.0 Å². The van der Waals surface area contributed by atoms with Crippen LogP contribution in [-0.2, 0) is 22.6 Å². The van der Waals surface area contributed by atoms with Crippen molar-refractivity contribution < 1.29 is 19.1 Å². The predicted molar refractivity (Wildman–Crippen MR) is 133 cm³/mol. The number of amides is 2. The van der Waals surface area contributed by atoms with E-state index in [-0.39, 0.29) is 31.0 Å². The molecule has 0 aromatic heterocycles. The quantitative estimate of drug-likeness (QED) is 0.465. The molecule has 0 fully saturated rings. The predicted octanol–water partition coefficient (Wildman–Crippen LogP) is 4.24. The number of carbonyl (C=O) groups excluding carboxylic acids is 2. The van der Waals surface area contributed by atoms with Crippen molar-refractivity contribution >= 4 is 11.8 Å². The summed E-state index contributed by atoms with van der Waals surface area (Å²) in [5, 5.41) is 2.98. The van der Waals surface area contributed by atoms with E-state index in [2.05, 4.69) is 5.32 Å². The van der Waals surface area contributed by atoms with E-state index in [1.807, 2.05) is 86.6 Å². The van der Waals surface area contributed by atoms with Crippen LogP contribution in [-0.4, -0.2) is 42.5 Å². The van der Waals surface area contributed by atoms with Crippen molar-refractivity contribution in [1.82, 2.24) is 10.2 Å². The molecule has 3 aromatic carbocycles. The zero-order chi connectivity index (χ0) is 24.3. The molecule has 34 heavy (non-hydrogen) atoms. The molecule has 1 N–H and O–H groups in total. The number of benzene rings is 3. The van der Waals surface area contributed by atoms with Crippen LogP contribution in [0.4, 0.5) is 0 Å². The van der Waals surface area contributed by atoms with Gasteiger partial charge >= 0.3 is 0 Å². The third-order valence-corrected chi connectivity index (χ3v) is 5.29. The topological polar surface area (TPSA) is 67.9 Å². The van der Waals surface area contributed by atoms with Crippen LogP contribution in [0.2, 0.25) is 0 Å². The van der Waals surface area contributed by atoms with Crippen LogP contribution < -0.4 is 14.8 Å². The minimum absolute atomic E-state index is 0.0555. The average molecular weight is 461 g/mol. The van der Waals surface area contributed by atoms with E-state index in [1.54, 1.807) is 24.1 Å². The first-order valence-corrected chi connectivity index (χ1v) is 11.4. The Bertz CT molecular complexity index is 1050. The van der Waals surface area contributed by atoms with Crippen LogP contribution in [0.15, 0.2) is 84.9 Å². The number of hydrogen-bond donors (Lipinski definition) is 1. The van der Waals surface area contributed by atoms with Crippen LogP contribution in [0.25, 0.3) is 0 Å². The van der Waals surface area contributed by atoms with Crippen LogP contribution in [0.5, 0.6) is 11.5 Å². The molecule has 0 unspecified atom stereocenters. The van der Waals surface area contributed by atoms with E-state index in [4.69, 9.17) is 9.47 Å². The number of methoxy groups -OCH3 is 1. The number of nitrogens with one attached hydrogen (secondary N) is 1. The summed E-state index contributed by atoms with van der Waals surface area (Å²) in [6.07, 6.45) is 0.389. The van der Waals surface area contributed by atoms with Crippen molar-refractivity contribution in [2.45, 2.75) is 38.9 Å². The lowest BCUT2D eigenvalue weighted by molar-refractivity contribution is -0.143. The first kappa shape index (κ1) is 24.8. The monoisotopic (exact) mass is 460 g/mol. The van der Waals surface area contributed by atoms with Crippen molar-refractivity contribution in [3.63, 3.8) is 0 Å². The normalized spacial score (nSPS) is 11.5. The Kier molecular flexibility index (Phi) is 9.09. The number of para-hydroxylation sites is 1. The van der Waals surface area contributed by atoms with E-state index in [0.717, 1.165) is 11.1 Å². The SMILES string of the molecule is COc1cccc(CN(C(=O)COc2ccccc2)[C@@H](Cc2ccccc2)C(=O)NC(C)C)c1. The van der Waals surface area contributed by atoms with Gasteiger partial charge in [-0.1, -0.05) is 60.7 Å². The molecule has 0 radical (unpaired) electrons. The third kappa shape index (κ3) is 7.37. The summed E-state index contributed by atoms with van der Waals surface area (Å²) in [5.74, 6) is 0.821. The molecule has 0 spiro atoms. The van der Waals surface area contributed by atoms with Gasteiger partial charge in [0.05, 0.1) is 7.11 Å². The molecular formula is C28H32N2O4. The molecule has 0 aliphatic rings. The van der Waals surface area contributed by atoms with Gasteiger partial charge in [-0.2, -0.15) is 0 Å². The fourth-order valence-electron chi connectivity index (χ4n) is 3.65. The zero-order valence-corrected chi connectivity index (χ0v) is 19.9. The second-order valence-corrected chi connectivity index (χ2v) is 8.34. The minimum Gasteiger partial charge on any atom is -0.497 e. The van der Waals surface area contributed by atoms with Gasteiger partial charge in [0.1, 0.15) is 17.5 Å². The van der Waals surface area contributed by atoms with Gasteiger partial charge in [0.15, 0.2) is 6.61 Å². The smallest absolute Gasteiger partial charge is 0.261 e. The van der Waals surface area contributed by atoms with Crippen molar-refractivity contribution in [1.29, 1.82) is 0 Å². The van der Waals surface area contributed by atoms with Crippen molar-refractivity contribution in [2.75, 3.05) is 13.7 Å². The van der Waals surface area contributed by atoms with E-state index in [9.17, 15) is 9.59 Å². The molecule has 1 atom stereocenters. The second-order valence-electron chi connectivity index (χ2n) is 8.34. The molecule has 178 valence electrons. The summed E-state index contributed by atoms with van der Waals surface area (Å²) in [4.78, 5) is 28.4. The minimum atomic E-state index is -0.706. The van der Waals surface area contributed by atoms with Gasteiger partial charge in [0.2, 0.25) is 5.91 Å². The van der Waals surface area contributed by atoms with Gasteiger partial charge < -0.3 is 19.7 Å². The Morgan fingerprint density at radius 2 is 1.47 bits per heavy atom. The van der Waals surface area contributed by atoms with Crippen molar-refractivity contribution in [2.24, 2.45) is 0 Å². The van der Waals surface area contributed by atoms with Crippen molar-refractivity contribution in [3.8, 4) is 11.5 Å². The maximum atomic E-state index is 13.5. The molecule has 2 amide bonds. The summed E-state index contributed by atoms with van der Waals surface area (Å²) >= 11 is 0. The van der Waals surface area contributed by atoms with Gasteiger partial charge in [-0.3, -0.25) is 9.59 Å². The lowest BCUT2D eigenvalue weighted by Gasteiger charge is -2.32. The van der Waals surface area contributed by atoms with Crippen LogP contribution in [0, 0.1) is 0 Å². The Morgan fingerprint density at radius 3 is 2.12 bits per heavy atom. The van der Waals surface area contributed by atoms with E-state index >= 15 is 0 Å². The molecule has 0 heterocycles. The average Bonchev–Trinajstić information content (AvgIpc) is 2.85. The molecule has 6 nitrogen and oxygen atoms in total. The summed E-state index contributed by atoms with van der Waals surface area (Å²) in [7, 11) is 1.60. The molecule has 0 saturated carbocycles. The molecule has 0 bridgehead atoms. The zero-order valence-electron chi connectivity index (χ0n) is 19.9. The van der Waals surface area contributed by atoms with E-state index in [0.29, 0.717) is 17.9 Å². The Labute approximate surface area is 201 Å². The molecule has 3 rings (SSSR count). The van der Waals surface area contributed by atoms with Gasteiger partial charge in [-0.25, -0.2) is 0 Å². The lowest BCUT2D eigenvalue weighted by atomic mass is 10.0. The van der Waals surface area contributed by atoms with Crippen molar-refractivity contribution in [3.05, 3.63) is 96.1 Å². The van der Waals surface area contributed by atoms with Gasteiger partial charge in [0.25, 0.3) is 5.91 Å². The second kappa shape index (κ2) is 12.4. The van der Waals surface area contributed by atoms with Crippen LogP contribution in [0.3, 0.4) is 0 Å². The van der Waals surface area contributed by atoms with E-state index < -0.39 is 6.04 Å². The van der Waals surface area contributed by atoms with Crippen LogP contribution in [0.1, 0.15) is 25.0 Å². The highest BCUT2D eigenvalue weighted by molar-refractivity contribution is 5.88. The lowest BCUT2D eigenvalue weighted by Crippen LogP contribution is -2.52. The first-order chi connectivity index (χ1) is 16.5. The number of rotatable bonds is 11. The molecule has 0 saturated heterocycles. The summed E-state index contributed by atoms with van der Waals surface area (Å²) in [5.41, 5.74) is 1.83. The first-order valence-electron chi connectivity index (χ1n) is 11.4. The standard InChI is InChI=1S/C28H32N2O4/c1-21(2)29-28(32)26(18-22-11-6-4-7-12-22)30(19-23-13-10-16-25(17-23)33-3)27(31)20-34-24-14-8-5-9-15-24/h4-17,21,26H,18-20H2,1-3H3,(H,29,32)/t26-/m0/s1. The third-order valence-electron chi connectivity index (χ3n) is 5.29. The van der Waals surface area contributed by atoms with E-state index in [1.165, 1.54) is 0 Å². The highest BCUT2D eigenvalue weighted by Gasteiger charge is 2.31. The van der Waals surface area contributed by atoms with Crippen LogP contribution >= 0.6 is 0 Å². The fourth-order valence-corrected chi connectivity index (χ4v) is 3.65. The number of nitrogens with zero attached hydrogens (tertiary/aromatic N) is 1. The Morgan fingerprint density at radius 1 is 0.853 bits per heavy atom. The Hall–Kier alpha value is -3.80. The number of ether oxygens (including phenoxy) is 2. The number of carbonyl (C=O) groups is 2. The maximum Gasteiger partial charge on any atom is 0.261 e. The van der Waals surface area contributed by atoms with Gasteiger partial charge in [-0.05, 0) is 49.2 Å². The summed E-state index contributed by atoms with van der Waals surface area (Å²) in [6.45, 7) is 3.89. The Balaban J connectivity index is 1.91. The molecule has 0 aliphatic heterocycles. The molecular weight excluding hydrogens is 428 g/mol. The summed E-state index contributed by atoms with van der Waals surface area (Å²) in [6, 6.07) is 25.6.